The van der Waals surface area contributed by atoms with E-state index < -0.39 is 0 Å². The maximum absolute atomic E-state index is 9.70. The minimum atomic E-state index is 0.197. The largest absolute Gasteiger partial charge is 0.566 e. The van der Waals surface area contributed by atoms with Gasteiger partial charge in [0, 0.05) is 28.8 Å². The fraction of sp³-hybridized carbons (Fsp3) is 0.333. The number of hydrogen-bond acceptors (Lipinski definition) is 5. The Bertz CT molecular complexity index is 858. The standard InChI is InChI=1S/C18H19BN4O/c1-9-8-21-14(6)16(10(9)2)17(24-19)15(7-20)18-22-12(4)11(3)13(5)23-18/h8H,1-6H3. The zero-order valence-corrected chi connectivity index (χ0v) is 14.9. The zero-order chi connectivity index (χ0) is 18.0. The predicted octanol–water partition coefficient (Wildman–Crippen LogP) is 3.21. The molecule has 0 bridgehead atoms. The van der Waals surface area contributed by atoms with E-state index in [1.807, 2.05) is 41.5 Å². The number of nitriles is 1. The third-order valence-corrected chi connectivity index (χ3v) is 4.32. The molecule has 2 heterocycles. The Balaban J connectivity index is 2.83. The van der Waals surface area contributed by atoms with Crippen molar-refractivity contribution in [1.29, 1.82) is 5.26 Å². The molecule has 0 saturated carbocycles. The van der Waals surface area contributed by atoms with Crippen LogP contribution < -0.4 is 0 Å². The van der Waals surface area contributed by atoms with Crippen molar-refractivity contribution in [3.05, 3.63) is 51.4 Å². The lowest BCUT2D eigenvalue weighted by Gasteiger charge is -2.16. The van der Waals surface area contributed by atoms with E-state index in [4.69, 9.17) is 12.7 Å². The molecule has 6 heteroatoms. The van der Waals surface area contributed by atoms with Gasteiger partial charge in [-0.1, -0.05) is 0 Å². The fourth-order valence-electron chi connectivity index (χ4n) is 2.49. The Morgan fingerprint density at radius 1 is 1.00 bits per heavy atom. The first-order chi connectivity index (χ1) is 11.3. The second-order valence-electron chi connectivity index (χ2n) is 5.80. The van der Waals surface area contributed by atoms with E-state index >= 15 is 0 Å². The third-order valence-electron chi connectivity index (χ3n) is 4.32. The van der Waals surface area contributed by atoms with Crippen molar-refractivity contribution in [1.82, 2.24) is 15.0 Å². The van der Waals surface area contributed by atoms with E-state index in [0.717, 1.165) is 33.8 Å². The quantitative estimate of drug-likeness (QED) is 0.494. The van der Waals surface area contributed by atoms with Gasteiger partial charge in [-0.15, -0.1) is 0 Å². The summed E-state index contributed by atoms with van der Waals surface area (Å²) < 4.78 is 5.11. The molecule has 0 saturated heterocycles. The fourth-order valence-corrected chi connectivity index (χ4v) is 2.49. The molecule has 0 atom stereocenters. The number of rotatable bonds is 3. The molecule has 5 nitrogen and oxygen atoms in total. The average Bonchev–Trinajstić information content (AvgIpc) is 2.55. The topological polar surface area (TPSA) is 71.7 Å². The van der Waals surface area contributed by atoms with Crippen molar-refractivity contribution in [2.24, 2.45) is 0 Å². The van der Waals surface area contributed by atoms with E-state index in [2.05, 4.69) is 21.0 Å². The van der Waals surface area contributed by atoms with Crippen molar-refractivity contribution in [3.8, 4) is 6.07 Å². The molecule has 120 valence electrons. The van der Waals surface area contributed by atoms with Crippen LogP contribution in [0.2, 0.25) is 0 Å². The maximum Gasteiger partial charge on any atom is 0.374 e. The average molecular weight is 318 g/mol. The lowest BCUT2D eigenvalue weighted by molar-refractivity contribution is 0.572. The highest BCUT2D eigenvalue weighted by Crippen LogP contribution is 2.30. The van der Waals surface area contributed by atoms with Gasteiger partial charge in [-0.3, -0.25) is 4.98 Å². The Morgan fingerprint density at radius 3 is 2.08 bits per heavy atom. The van der Waals surface area contributed by atoms with Crippen LogP contribution in [0.1, 0.15) is 45.2 Å². The van der Waals surface area contributed by atoms with Crippen molar-refractivity contribution in [2.75, 3.05) is 0 Å². The smallest absolute Gasteiger partial charge is 0.374 e. The molecule has 0 N–H and O–H groups in total. The second kappa shape index (κ2) is 6.83. The van der Waals surface area contributed by atoms with Crippen LogP contribution in [0.15, 0.2) is 6.20 Å². The Morgan fingerprint density at radius 2 is 1.58 bits per heavy atom. The molecule has 2 aromatic heterocycles. The number of aryl methyl sites for hydroxylation is 4. The molecule has 24 heavy (non-hydrogen) atoms. The summed E-state index contributed by atoms with van der Waals surface area (Å²) in [5.41, 5.74) is 6.20. The molecular weight excluding hydrogens is 299 g/mol. The van der Waals surface area contributed by atoms with Crippen molar-refractivity contribution >= 4 is 19.4 Å². The summed E-state index contributed by atoms with van der Waals surface area (Å²) in [6.07, 6.45) is 1.78. The van der Waals surface area contributed by atoms with Crippen LogP contribution in [0, 0.1) is 52.9 Å². The van der Waals surface area contributed by atoms with Gasteiger partial charge in [0.15, 0.2) is 5.82 Å². The molecule has 0 unspecified atom stereocenters. The van der Waals surface area contributed by atoms with Crippen molar-refractivity contribution < 1.29 is 4.65 Å². The van der Waals surface area contributed by atoms with Gasteiger partial charge in [0.2, 0.25) is 0 Å². The van der Waals surface area contributed by atoms with E-state index in [-0.39, 0.29) is 11.3 Å². The summed E-state index contributed by atoms with van der Waals surface area (Å²) >= 11 is 0. The number of pyridine rings is 1. The molecule has 2 radical (unpaired) electrons. The molecular formula is C18H19BN4O. The number of hydrogen-bond donors (Lipinski definition) is 0. The van der Waals surface area contributed by atoms with Crippen molar-refractivity contribution in [3.63, 3.8) is 0 Å². The lowest BCUT2D eigenvalue weighted by atomic mass is 9.98. The van der Waals surface area contributed by atoms with E-state index in [0.29, 0.717) is 11.4 Å². The molecule has 0 aromatic carbocycles. The van der Waals surface area contributed by atoms with Gasteiger partial charge < -0.3 is 4.65 Å². The van der Waals surface area contributed by atoms with Gasteiger partial charge in [0.1, 0.15) is 17.4 Å². The Labute approximate surface area is 143 Å². The van der Waals surface area contributed by atoms with E-state index in [9.17, 15) is 5.26 Å². The first-order valence-corrected chi connectivity index (χ1v) is 7.58. The van der Waals surface area contributed by atoms with Gasteiger partial charge in [-0.05, 0) is 58.2 Å². The van der Waals surface area contributed by atoms with Crippen LogP contribution in [0.4, 0.5) is 0 Å². The van der Waals surface area contributed by atoms with Crippen LogP contribution >= 0.6 is 0 Å². The Hall–Kier alpha value is -2.68. The highest BCUT2D eigenvalue weighted by Gasteiger charge is 2.20. The third kappa shape index (κ3) is 3.02. The summed E-state index contributed by atoms with van der Waals surface area (Å²) in [4.78, 5) is 13.2. The highest BCUT2D eigenvalue weighted by molar-refractivity contribution is 6.06. The van der Waals surface area contributed by atoms with Crippen LogP contribution in [0.25, 0.3) is 11.3 Å². The first kappa shape index (κ1) is 17.7. The normalized spacial score (nSPS) is 11.7. The second-order valence-corrected chi connectivity index (χ2v) is 5.80. The molecule has 0 spiro atoms. The minimum Gasteiger partial charge on any atom is -0.566 e. The minimum absolute atomic E-state index is 0.197. The first-order valence-electron chi connectivity index (χ1n) is 7.58. The monoisotopic (exact) mass is 318 g/mol. The van der Waals surface area contributed by atoms with Crippen LogP contribution in [-0.2, 0) is 4.65 Å². The summed E-state index contributed by atoms with van der Waals surface area (Å²) in [6.45, 7) is 11.5. The summed E-state index contributed by atoms with van der Waals surface area (Å²) in [5, 5.41) is 9.70. The molecule has 0 aliphatic rings. The van der Waals surface area contributed by atoms with Gasteiger partial charge in [-0.25, -0.2) is 9.97 Å². The number of allylic oxidation sites excluding steroid dienone is 1. The molecule has 0 fully saturated rings. The van der Waals surface area contributed by atoms with Crippen LogP contribution in [-0.4, -0.2) is 23.0 Å². The number of nitrogens with zero attached hydrogens (tertiary/aromatic N) is 4. The van der Waals surface area contributed by atoms with Gasteiger partial charge in [0.25, 0.3) is 0 Å². The molecule has 0 amide bonds. The highest BCUT2D eigenvalue weighted by atomic mass is 16.4. The molecule has 2 aromatic rings. The SMILES string of the molecule is [B]OC(=C(C#N)c1nc(C)c(C)c(C)n1)c1c(C)ncc(C)c1C. The van der Waals surface area contributed by atoms with Crippen LogP contribution in [0.5, 0.6) is 0 Å². The summed E-state index contributed by atoms with van der Waals surface area (Å²) in [6, 6.07) is 2.14. The van der Waals surface area contributed by atoms with Crippen molar-refractivity contribution in [2.45, 2.75) is 41.5 Å². The molecule has 2 rings (SSSR count). The van der Waals surface area contributed by atoms with Gasteiger partial charge in [0.05, 0.1) is 0 Å². The van der Waals surface area contributed by atoms with Gasteiger partial charge >= 0.3 is 8.05 Å². The van der Waals surface area contributed by atoms with E-state index in [1.165, 1.54) is 0 Å². The zero-order valence-electron chi connectivity index (χ0n) is 14.9. The predicted molar refractivity (Wildman–Crippen MR) is 94.0 cm³/mol. The van der Waals surface area contributed by atoms with Crippen LogP contribution in [0.3, 0.4) is 0 Å². The lowest BCUT2D eigenvalue weighted by Crippen LogP contribution is -2.07. The summed E-state index contributed by atoms with van der Waals surface area (Å²) in [7, 11) is 5.52. The van der Waals surface area contributed by atoms with Gasteiger partial charge in [-0.2, -0.15) is 5.26 Å². The maximum atomic E-state index is 9.70. The summed E-state index contributed by atoms with van der Waals surface area (Å²) in [5.74, 6) is 0.546. The van der Waals surface area contributed by atoms with E-state index in [1.54, 1.807) is 6.20 Å². The Kier molecular flexibility index (Phi) is 5.03. The molecule has 0 aliphatic carbocycles. The number of aromatic nitrogens is 3. The molecule has 0 aliphatic heterocycles.